The van der Waals surface area contributed by atoms with Gasteiger partial charge in [-0.25, -0.2) is 4.98 Å². The largest absolute Gasteiger partial charge is 2.00 e. The number of aryl methyl sites for hydroxylation is 1. The molecule has 0 fully saturated rings. The summed E-state index contributed by atoms with van der Waals surface area (Å²) >= 11 is 0. The molecule has 0 atom stereocenters. The minimum atomic E-state index is 0. The molecule has 0 radical (unpaired) electrons. The Bertz CT molecular complexity index is 2080. The predicted molar refractivity (Wildman–Crippen MR) is 171 cm³/mol. The van der Waals surface area contributed by atoms with Crippen LogP contribution in [0, 0.1) is 12.1 Å². The van der Waals surface area contributed by atoms with E-state index in [4.69, 9.17) is 14.6 Å². The van der Waals surface area contributed by atoms with E-state index in [2.05, 4.69) is 78.0 Å². The summed E-state index contributed by atoms with van der Waals surface area (Å²) in [5.41, 5.74) is 7.34. The van der Waals surface area contributed by atoms with Gasteiger partial charge >= 0.3 is 21.1 Å². The summed E-state index contributed by atoms with van der Waals surface area (Å²) in [5, 5.41) is 7.20. The molecule has 0 aliphatic heterocycles. The maximum Gasteiger partial charge on any atom is 2.00 e. The zero-order chi connectivity index (χ0) is 29.3. The number of methoxy groups -OCH3 is 1. The van der Waals surface area contributed by atoms with Gasteiger partial charge in [0, 0.05) is 40.5 Å². The third-order valence-electron chi connectivity index (χ3n) is 7.73. The number of hydrogen-bond donors (Lipinski definition) is 0. The van der Waals surface area contributed by atoms with Crippen LogP contribution in [0.25, 0.3) is 44.4 Å². The van der Waals surface area contributed by atoms with Crippen molar-refractivity contribution in [1.82, 2.24) is 19.3 Å². The molecular weight excluding hydrogens is 728 g/mol. The number of rotatable bonds is 8. The Morgan fingerprint density at radius 3 is 2.36 bits per heavy atom. The number of pyridine rings is 1. The van der Waals surface area contributed by atoms with Gasteiger partial charge in [0.2, 0.25) is 0 Å². The van der Waals surface area contributed by atoms with Gasteiger partial charge in [-0.3, -0.25) is 4.68 Å². The molecule has 0 saturated heterocycles. The summed E-state index contributed by atoms with van der Waals surface area (Å²) in [4.78, 5) is 4.65. The number of ether oxygens (including phenoxy) is 2. The van der Waals surface area contributed by atoms with Gasteiger partial charge in [0.15, 0.2) is 0 Å². The summed E-state index contributed by atoms with van der Waals surface area (Å²) in [7, 11) is 1.66. The van der Waals surface area contributed by atoms with Crippen molar-refractivity contribution in [2.24, 2.45) is 0 Å². The molecule has 220 valence electrons. The minimum absolute atomic E-state index is 0. The SMILES string of the molecule is CCc1nn(-c2[c-]c(Oc3[c-]c4c(cc3)c3ccccc3n4-c3cc(OC)ccn3)ccc2)c(CC)c1-c1ccccc1.[Pt+2]. The van der Waals surface area contributed by atoms with Crippen LogP contribution in [0.3, 0.4) is 0 Å². The van der Waals surface area contributed by atoms with E-state index in [1.165, 1.54) is 11.1 Å². The minimum Gasteiger partial charge on any atom is -0.509 e. The number of fused-ring (bicyclic) bond motifs is 3. The fourth-order valence-electron chi connectivity index (χ4n) is 5.77. The number of benzene rings is 4. The van der Waals surface area contributed by atoms with Gasteiger partial charge in [0.25, 0.3) is 0 Å². The molecule has 7 rings (SSSR count). The van der Waals surface area contributed by atoms with Gasteiger partial charge < -0.3 is 14.0 Å². The van der Waals surface area contributed by atoms with Gasteiger partial charge in [-0.1, -0.05) is 67.9 Å². The summed E-state index contributed by atoms with van der Waals surface area (Å²) in [6.07, 6.45) is 3.43. The molecule has 0 spiro atoms. The third-order valence-corrected chi connectivity index (χ3v) is 7.73. The van der Waals surface area contributed by atoms with Crippen molar-refractivity contribution >= 4 is 21.8 Å². The monoisotopic (exact) mass is 757 g/mol. The van der Waals surface area contributed by atoms with Gasteiger partial charge in [-0.2, -0.15) is 17.2 Å². The van der Waals surface area contributed by atoms with E-state index in [0.717, 1.165) is 63.3 Å². The van der Waals surface area contributed by atoms with Crippen LogP contribution < -0.4 is 9.47 Å². The molecule has 0 bridgehead atoms. The summed E-state index contributed by atoms with van der Waals surface area (Å²) in [6.45, 7) is 4.31. The van der Waals surface area contributed by atoms with E-state index in [-0.39, 0.29) is 21.1 Å². The van der Waals surface area contributed by atoms with Crippen molar-refractivity contribution in [3.8, 4) is 39.9 Å². The maximum absolute atomic E-state index is 6.39. The molecule has 3 heterocycles. The smallest absolute Gasteiger partial charge is 0.509 e. The van der Waals surface area contributed by atoms with Crippen LogP contribution in [-0.2, 0) is 33.9 Å². The first-order valence-electron chi connectivity index (χ1n) is 14.5. The van der Waals surface area contributed by atoms with Crippen molar-refractivity contribution in [2.45, 2.75) is 26.7 Å². The summed E-state index contributed by atoms with van der Waals surface area (Å²) in [5.74, 6) is 2.66. The Hall–Kier alpha value is -4.67. The number of aromatic nitrogens is 4. The van der Waals surface area contributed by atoms with Gasteiger partial charge in [-0.15, -0.1) is 35.7 Å². The van der Waals surface area contributed by atoms with E-state index in [1.54, 1.807) is 13.3 Å². The van der Waals surface area contributed by atoms with Crippen molar-refractivity contribution in [2.75, 3.05) is 7.11 Å². The second kappa shape index (κ2) is 12.5. The van der Waals surface area contributed by atoms with E-state index in [1.807, 2.05) is 59.3 Å². The molecule has 0 N–H and O–H groups in total. The van der Waals surface area contributed by atoms with Crippen molar-refractivity contribution in [3.63, 3.8) is 0 Å². The van der Waals surface area contributed by atoms with Crippen molar-refractivity contribution in [3.05, 3.63) is 127 Å². The quantitative estimate of drug-likeness (QED) is 0.146. The predicted octanol–water partition coefficient (Wildman–Crippen LogP) is 8.55. The van der Waals surface area contributed by atoms with Crippen LogP contribution >= 0.6 is 0 Å². The Balaban J connectivity index is 0.00000343. The fourth-order valence-corrected chi connectivity index (χ4v) is 5.77. The van der Waals surface area contributed by atoms with Gasteiger partial charge in [0.1, 0.15) is 11.6 Å². The van der Waals surface area contributed by atoms with Gasteiger partial charge in [0.05, 0.1) is 12.8 Å². The molecule has 0 saturated carbocycles. The number of hydrogen-bond acceptors (Lipinski definition) is 4. The molecule has 7 heteroatoms. The van der Waals surface area contributed by atoms with E-state index in [9.17, 15) is 0 Å². The molecule has 6 nitrogen and oxygen atoms in total. The molecule has 0 aliphatic carbocycles. The van der Waals surface area contributed by atoms with Crippen LogP contribution in [0.1, 0.15) is 25.2 Å². The molecular formula is C37H30N4O2Pt. The zero-order valence-electron chi connectivity index (χ0n) is 24.7. The standard InChI is InChI=1S/C37H30N4O2.Pt/c1-4-32-37(25-12-7-6-8-13-25)33(5-2)41(39-32)26-14-11-15-28(22-26)43-29-18-19-31-30-16-9-10-17-34(30)40(35(31)23-29)36-24-27(42-3)20-21-38-36;/h6-21,24H,4-5H2,1-3H3;/q-2;+2. The third kappa shape index (κ3) is 5.20. The van der Waals surface area contributed by atoms with E-state index < -0.39 is 0 Å². The van der Waals surface area contributed by atoms with E-state index >= 15 is 0 Å². The first-order valence-corrected chi connectivity index (χ1v) is 14.5. The zero-order valence-corrected chi connectivity index (χ0v) is 26.9. The molecule has 44 heavy (non-hydrogen) atoms. The average molecular weight is 758 g/mol. The van der Waals surface area contributed by atoms with Crippen LogP contribution in [0.2, 0.25) is 0 Å². The van der Waals surface area contributed by atoms with Crippen molar-refractivity contribution in [1.29, 1.82) is 0 Å². The Kier molecular flexibility index (Phi) is 8.36. The first-order chi connectivity index (χ1) is 21.2. The number of nitrogens with zero attached hydrogens (tertiary/aromatic N) is 4. The van der Waals surface area contributed by atoms with Crippen LogP contribution in [0.5, 0.6) is 17.2 Å². The Morgan fingerprint density at radius 2 is 1.57 bits per heavy atom. The average Bonchev–Trinajstić information content (AvgIpc) is 3.61. The topological polar surface area (TPSA) is 54.1 Å². The molecule has 4 aromatic carbocycles. The van der Waals surface area contributed by atoms with Gasteiger partial charge in [-0.05, 0) is 41.6 Å². The Labute approximate surface area is 271 Å². The maximum atomic E-state index is 6.39. The second-order valence-electron chi connectivity index (χ2n) is 10.2. The normalized spacial score (nSPS) is 11.1. The molecule has 0 unspecified atom stereocenters. The van der Waals surface area contributed by atoms with Crippen LogP contribution in [-0.4, -0.2) is 26.4 Å². The summed E-state index contributed by atoms with van der Waals surface area (Å²) < 4.78 is 16.0. The van der Waals surface area contributed by atoms with E-state index in [0.29, 0.717) is 11.5 Å². The molecule has 7 aromatic rings. The second-order valence-corrected chi connectivity index (χ2v) is 10.2. The number of para-hydroxylation sites is 1. The molecule has 0 amide bonds. The Morgan fingerprint density at radius 1 is 0.773 bits per heavy atom. The first kappa shape index (κ1) is 29.4. The fraction of sp³-hybridized carbons (Fsp3) is 0.135. The van der Waals surface area contributed by atoms with Crippen LogP contribution in [0.15, 0.2) is 103 Å². The molecule has 0 aliphatic rings. The summed E-state index contributed by atoms with van der Waals surface area (Å²) in [6, 6.07) is 39.4. The van der Waals surface area contributed by atoms with Crippen LogP contribution in [0.4, 0.5) is 0 Å². The molecule has 3 aromatic heterocycles. The van der Waals surface area contributed by atoms with Crippen molar-refractivity contribution < 1.29 is 30.5 Å².